The number of fused-ring (bicyclic) bond motifs is 1. The number of hydrogen-bond donors (Lipinski definition) is 1. The summed E-state index contributed by atoms with van der Waals surface area (Å²) in [5.74, 6) is 1.05. The maximum absolute atomic E-state index is 12.1. The van der Waals surface area contributed by atoms with Gasteiger partial charge in [0.05, 0.1) is 12.1 Å². The fourth-order valence-corrected chi connectivity index (χ4v) is 2.66. The highest BCUT2D eigenvalue weighted by Crippen LogP contribution is 2.36. The second kappa shape index (κ2) is 5.78. The number of hydrogen-bond acceptors (Lipinski definition) is 6. The number of pyridine rings is 1. The molecule has 3 aromatic heterocycles. The molecule has 8 nitrogen and oxygen atoms in total. The van der Waals surface area contributed by atoms with Crippen LogP contribution in [0.15, 0.2) is 33.7 Å². The summed E-state index contributed by atoms with van der Waals surface area (Å²) in [5, 5.41) is 8.23. The first-order chi connectivity index (χ1) is 10.7. The molecule has 4 rings (SSSR count). The first-order valence-electron chi connectivity index (χ1n) is 7.32. The van der Waals surface area contributed by atoms with E-state index >= 15 is 0 Å². The molecule has 0 bridgehead atoms. The van der Waals surface area contributed by atoms with Gasteiger partial charge in [-0.3, -0.25) is 4.40 Å². The summed E-state index contributed by atoms with van der Waals surface area (Å²) in [5.41, 5.74) is 6.18. The van der Waals surface area contributed by atoms with Gasteiger partial charge >= 0.3 is 5.69 Å². The van der Waals surface area contributed by atoms with Crippen molar-refractivity contribution in [3.63, 3.8) is 0 Å². The van der Waals surface area contributed by atoms with E-state index in [0.717, 1.165) is 19.3 Å². The monoisotopic (exact) mass is 336 g/mol. The van der Waals surface area contributed by atoms with Gasteiger partial charge in [0, 0.05) is 12.6 Å². The minimum absolute atomic E-state index is 0. The van der Waals surface area contributed by atoms with Crippen LogP contribution in [-0.2, 0) is 18.5 Å². The van der Waals surface area contributed by atoms with Gasteiger partial charge in [0.2, 0.25) is 5.89 Å². The largest absolute Gasteiger partial charge is 0.350 e. The van der Waals surface area contributed by atoms with Gasteiger partial charge in [0.1, 0.15) is 0 Å². The lowest BCUT2D eigenvalue weighted by atomic mass is 9.77. The second-order valence-corrected chi connectivity index (χ2v) is 5.71. The lowest BCUT2D eigenvalue weighted by Gasteiger charge is -2.34. The van der Waals surface area contributed by atoms with Crippen molar-refractivity contribution >= 4 is 18.1 Å². The Hall–Kier alpha value is -2.19. The van der Waals surface area contributed by atoms with E-state index in [1.165, 1.54) is 9.08 Å². The highest BCUT2D eigenvalue weighted by Gasteiger charge is 2.38. The zero-order valence-corrected chi connectivity index (χ0v) is 13.2. The van der Waals surface area contributed by atoms with E-state index in [0.29, 0.717) is 30.3 Å². The molecule has 9 heteroatoms. The van der Waals surface area contributed by atoms with E-state index in [4.69, 9.17) is 10.3 Å². The summed E-state index contributed by atoms with van der Waals surface area (Å²) in [6.07, 6.45) is 5.01. The van der Waals surface area contributed by atoms with Gasteiger partial charge in [-0.25, -0.2) is 9.48 Å². The number of nitrogens with two attached hydrogens (primary N) is 1. The van der Waals surface area contributed by atoms with Crippen molar-refractivity contribution in [3.05, 3.63) is 46.6 Å². The molecule has 1 saturated carbocycles. The molecule has 1 aliphatic rings. The maximum Gasteiger partial charge on any atom is 0.350 e. The lowest BCUT2D eigenvalue weighted by molar-refractivity contribution is 0.229. The molecular formula is C14H17ClN6O2. The van der Waals surface area contributed by atoms with Crippen LogP contribution in [0.1, 0.15) is 31.0 Å². The molecule has 1 fully saturated rings. The standard InChI is InChI=1S/C14H16N6O2.ClH/c15-14(6-3-7-14)12-16-11(22-18-12)5-9-20-13(21)19-8-2-1-4-10(19)17-20;/h1-2,4,8H,3,5-7,9,15H2;1H. The molecule has 0 spiro atoms. The van der Waals surface area contributed by atoms with Crippen molar-refractivity contribution in [2.45, 2.75) is 37.8 Å². The molecule has 0 aromatic carbocycles. The van der Waals surface area contributed by atoms with Gasteiger partial charge in [0.15, 0.2) is 11.5 Å². The number of aryl methyl sites for hydroxylation is 2. The van der Waals surface area contributed by atoms with Gasteiger partial charge in [0.25, 0.3) is 0 Å². The van der Waals surface area contributed by atoms with E-state index in [2.05, 4.69) is 15.2 Å². The number of halogens is 1. The summed E-state index contributed by atoms with van der Waals surface area (Å²) in [7, 11) is 0. The maximum atomic E-state index is 12.1. The van der Waals surface area contributed by atoms with E-state index in [-0.39, 0.29) is 18.1 Å². The van der Waals surface area contributed by atoms with Crippen molar-refractivity contribution in [3.8, 4) is 0 Å². The Morgan fingerprint density at radius 1 is 1.35 bits per heavy atom. The van der Waals surface area contributed by atoms with Crippen LogP contribution in [0.4, 0.5) is 0 Å². The van der Waals surface area contributed by atoms with Crippen LogP contribution in [0.5, 0.6) is 0 Å². The van der Waals surface area contributed by atoms with Crippen molar-refractivity contribution in [2.75, 3.05) is 0 Å². The van der Waals surface area contributed by atoms with E-state index in [1.54, 1.807) is 18.3 Å². The third-order valence-corrected chi connectivity index (χ3v) is 4.19. The molecular weight excluding hydrogens is 320 g/mol. The predicted octanol–water partition coefficient (Wildman–Crippen LogP) is 0.881. The molecule has 2 N–H and O–H groups in total. The van der Waals surface area contributed by atoms with Gasteiger partial charge in [-0.15, -0.1) is 17.5 Å². The normalized spacial score (nSPS) is 16.0. The van der Waals surface area contributed by atoms with Crippen molar-refractivity contribution in [2.24, 2.45) is 5.73 Å². The zero-order chi connectivity index (χ0) is 15.2. The Kier molecular flexibility index (Phi) is 3.95. The fraction of sp³-hybridized carbons (Fsp3) is 0.429. The number of nitrogens with zero attached hydrogens (tertiary/aromatic N) is 5. The van der Waals surface area contributed by atoms with E-state index < -0.39 is 5.54 Å². The summed E-state index contributed by atoms with van der Waals surface area (Å²) in [4.78, 5) is 16.5. The highest BCUT2D eigenvalue weighted by molar-refractivity contribution is 5.85. The number of aromatic nitrogens is 5. The van der Waals surface area contributed by atoms with Gasteiger partial charge in [-0.05, 0) is 31.4 Å². The fourth-order valence-electron chi connectivity index (χ4n) is 2.66. The van der Waals surface area contributed by atoms with Crippen molar-refractivity contribution in [1.82, 2.24) is 24.3 Å². The summed E-state index contributed by atoms with van der Waals surface area (Å²) >= 11 is 0. The average molecular weight is 337 g/mol. The zero-order valence-electron chi connectivity index (χ0n) is 12.4. The lowest BCUT2D eigenvalue weighted by Crippen LogP contribution is -2.44. The van der Waals surface area contributed by atoms with Crippen LogP contribution < -0.4 is 11.4 Å². The quantitative estimate of drug-likeness (QED) is 0.758. The minimum Gasteiger partial charge on any atom is -0.339 e. The van der Waals surface area contributed by atoms with E-state index in [9.17, 15) is 4.79 Å². The molecule has 0 radical (unpaired) electrons. The smallest absolute Gasteiger partial charge is 0.339 e. The Labute approximate surface area is 137 Å². The first-order valence-corrected chi connectivity index (χ1v) is 7.32. The third kappa shape index (κ3) is 2.64. The second-order valence-electron chi connectivity index (χ2n) is 5.71. The topological polar surface area (TPSA) is 104 Å². The third-order valence-electron chi connectivity index (χ3n) is 4.19. The summed E-state index contributed by atoms with van der Waals surface area (Å²) in [6, 6.07) is 5.43. The van der Waals surface area contributed by atoms with E-state index in [1.807, 2.05) is 6.07 Å². The average Bonchev–Trinajstić information content (AvgIpc) is 3.09. The Bertz CT molecular complexity index is 879. The van der Waals surface area contributed by atoms with Crippen LogP contribution >= 0.6 is 12.4 Å². The van der Waals surface area contributed by atoms with Gasteiger partial charge in [-0.1, -0.05) is 11.2 Å². The van der Waals surface area contributed by atoms with Crippen LogP contribution in [-0.4, -0.2) is 24.3 Å². The first kappa shape index (κ1) is 15.7. The highest BCUT2D eigenvalue weighted by atomic mass is 35.5. The summed E-state index contributed by atoms with van der Waals surface area (Å²) < 4.78 is 8.14. The molecule has 3 aromatic rings. The Morgan fingerprint density at radius 2 is 2.17 bits per heavy atom. The molecule has 0 amide bonds. The molecule has 0 unspecified atom stereocenters. The van der Waals surface area contributed by atoms with Crippen LogP contribution in [0.25, 0.3) is 5.65 Å². The predicted molar refractivity (Wildman–Crippen MR) is 84.4 cm³/mol. The minimum atomic E-state index is -0.429. The Morgan fingerprint density at radius 3 is 2.87 bits per heavy atom. The van der Waals surface area contributed by atoms with Crippen LogP contribution in [0, 0.1) is 0 Å². The molecule has 0 atom stereocenters. The molecule has 3 heterocycles. The van der Waals surface area contributed by atoms with Crippen molar-refractivity contribution < 1.29 is 4.52 Å². The van der Waals surface area contributed by atoms with Crippen molar-refractivity contribution in [1.29, 1.82) is 0 Å². The number of rotatable bonds is 4. The Balaban J connectivity index is 0.00000156. The molecule has 0 aliphatic heterocycles. The van der Waals surface area contributed by atoms with Crippen LogP contribution in [0.3, 0.4) is 0 Å². The van der Waals surface area contributed by atoms with Crippen LogP contribution in [0.2, 0.25) is 0 Å². The molecule has 0 saturated heterocycles. The molecule has 1 aliphatic carbocycles. The molecule has 122 valence electrons. The molecule has 23 heavy (non-hydrogen) atoms. The van der Waals surface area contributed by atoms with Gasteiger partial charge < -0.3 is 10.3 Å². The summed E-state index contributed by atoms with van der Waals surface area (Å²) in [6.45, 7) is 0.389. The van der Waals surface area contributed by atoms with Gasteiger partial charge in [-0.2, -0.15) is 4.98 Å². The SMILES string of the molecule is Cl.NC1(c2noc(CCn3nc4ccccn4c3=O)n2)CCC1.